The maximum atomic E-state index is 12.2. The molecule has 0 aromatic rings. The van der Waals surface area contributed by atoms with Crippen LogP contribution >= 0.6 is 11.8 Å². The normalized spacial score (nSPS) is 19.2. The fourth-order valence-corrected chi connectivity index (χ4v) is 2.80. The number of carbonyl (C=O) groups excluding carboxylic acids is 1. The zero-order chi connectivity index (χ0) is 13.0. The largest absolute Gasteiger partial charge is 0.480 e. The SMILES string of the molecule is C=C(C)CN(CC)C(=O)N1CSCC1C(=O)O. The summed E-state index contributed by atoms with van der Waals surface area (Å²) in [5, 5.41) is 9.03. The molecule has 0 bridgehead atoms. The van der Waals surface area contributed by atoms with Gasteiger partial charge in [-0.3, -0.25) is 0 Å². The Morgan fingerprint density at radius 3 is 2.71 bits per heavy atom. The molecular weight excluding hydrogens is 240 g/mol. The Bertz CT molecular complexity index is 333. The average Bonchev–Trinajstić information content (AvgIpc) is 2.73. The van der Waals surface area contributed by atoms with Crippen molar-refractivity contribution in [3.05, 3.63) is 12.2 Å². The standard InChI is InChI=1S/C11H18N2O3S/c1-4-12(5-8(2)3)11(16)13-7-17-6-9(13)10(14)15/h9H,2,4-7H2,1,3H3,(H,14,15). The molecule has 17 heavy (non-hydrogen) atoms. The van der Waals surface area contributed by atoms with Crippen LogP contribution in [0.2, 0.25) is 0 Å². The molecule has 1 aliphatic rings. The van der Waals surface area contributed by atoms with Gasteiger partial charge in [-0.15, -0.1) is 11.8 Å². The van der Waals surface area contributed by atoms with Crippen LogP contribution in [0.15, 0.2) is 12.2 Å². The third kappa shape index (κ3) is 3.39. The highest BCUT2D eigenvalue weighted by atomic mass is 32.2. The van der Waals surface area contributed by atoms with E-state index < -0.39 is 12.0 Å². The van der Waals surface area contributed by atoms with E-state index in [2.05, 4.69) is 6.58 Å². The molecule has 5 nitrogen and oxygen atoms in total. The lowest BCUT2D eigenvalue weighted by Gasteiger charge is -2.29. The van der Waals surface area contributed by atoms with Crippen LogP contribution in [0.1, 0.15) is 13.8 Å². The summed E-state index contributed by atoms with van der Waals surface area (Å²) >= 11 is 1.47. The van der Waals surface area contributed by atoms with Gasteiger partial charge in [0, 0.05) is 18.8 Å². The van der Waals surface area contributed by atoms with Crippen molar-refractivity contribution in [1.29, 1.82) is 0 Å². The van der Waals surface area contributed by atoms with Crippen molar-refractivity contribution < 1.29 is 14.7 Å². The molecule has 0 aromatic carbocycles. The second-order valence-corrected chi connectivity index (χ2v) is 5.08. The van der Waals surface area contributed by atoms with Crippen molar-refractivity contribution in [2.24, 2.45) is 0 Å². The zero-order valence-corrected chi connectivity index (χ0v) is 11.0. The smallest absolute Gasteiger partial charge is 0.327 e. The van der Waals surface area contributed by atoms with Crippen LogP contribution in [0.3, 0.4) is 0 Å². The summed E-state index contributed by atoms with van der Waals surface area (Å²) in [6.07, 6.45) is 0. The number of thioether (sulfide) groups is 1. The van der Waals surface area contributed by atoms with Gasteiger partial charge in [-0.1, -0.05) is 12.2 Å². The highest BCUT2D eigenvalue weighted by Crippen LogP contribution is 2.22. The van der Waals surface area contributed by atoms with Crippen molar-refractivity contribution >= 4 is 23.8 Å². The minimum absolute atomic E-state index is 0.215. The van der Waals surface area contributed by atoms with Crippen molar-refractivity contribution in [2.45, 2.75) is 19.9 Å². The average molecular weight is 258 g/mol. The van der Waals surface area contributed by atoms with Gasteiger partial charge in [0.15, 0.2) is 0 Å². The second kappa shape index (κ2) is 5.95. The second-order valence-electron chi connectivity index (χ2n) is 4.08. The number of urea groups is 1. The number of carboxylic acid groups (broad SMARTS) is 1. The first-order valence-corrected chi connectivity index (χ1v) is 6.63. The molecule has 0 aromatic heterocycles. The Morgan fingerprint density at radius 2 is 2.24 bits per heavy atom. The zero-order valence-electron chi connectivity index (χ0n) is 10.2. The van der Waals surface area contributed by atoms with E-state index >= 15 is 0 Å². The number of likely N-dealkylation sites (N-methyl/N-ethyl adjacent to an activating group) is 1. The number of hydrogen-bond acceptors (Lipinski definition) is 3. The Balaban J connectivity index is 2.73. The van der Waals surface area contributed by atoms with Crippen LogP contribution < -0.4 is 0 Å². The minimum Gasteiger partial charge on any atom is -0.480 e. The molecule has 0 spiro atoms. The van der Waals surface area contributed by atoms with Gasteiger partial charge in [0.05, 0.1) is 5.88 Å². The van der Waals surface area contributed by atoms with Gasteiger partial charge in [-0.2, -0.15) is 0 Å². The molecule has 0 radical (unpaired) electrons. The van der Waals surface area contributed by atoms with E-state index in [-0.39, 0.29) is 6.03 Å². The van der Waals surface area contributed by atoms with Gasteiger partial charge in [-0.25, -0.2) is 9.59 Å². The van der Waals surface area contributed by atoms with Crippen LogP contribution in [0.4, 0.5) is 4.79 Å². The maximum Gasteiger partial charge on any atom is 0.327 e. The summed E-state index contributed by atoms with van der Waals surface area (Å²) < 4.78 is 0. The van der Waals surface area contributed by atoms with Crippen molar-refractivity contribution in [3.8, 4) is 0 Å². The predicted octanol–water partition coefficient (Wildman–Crippen LogP) is 1.46. The van der Waals surface area contributed by atoms with Gasteiger partial charge >= 0.3 is 12.0 Å². The quantitative estimate of drug-likeness (QED) is 0.776. The summed E-state index contributed by atoms with van der Waals surface area (Å²) in [5.74, 6) is -0.0245. The van der Waals surface area contributed by atoms with Crippen molar-refractivity contribution in [3.63, 3.8) is 0 Å². The number of rotatable bonds is 4. The maximum absolute atomic E-state index is 12.2. The lowest BCUT2D eigenvalue weighted by Crippen LogP contribution is -2.49. The van der Waals surface area contributed by atoms with Crippen molar-refractivity contribution in [1.82, 2.24) is 9.80 Å². The van der Waals surface area contributed by atoms with Gasteiger partial charge in [0.1, 0.15) is 6.04 Å². The highest BCUT2D eigenvalue weighted by Gasteiger charge is 2.36. The Labute approximate surface area is 105 Å². The fraction of sp³-hybridized carbons (Fsp3) is 0.636. The van der Waals surface area contributed by atoms with E-state index in [0.29, 0.717) is 24.7 Å². The molecule has 1 aliphatic heterocycles. The molecule has 1 rings (SSSR count). The highest BCUT2D eigenvalue weighted by molar-refractivity contribution is 7.99. The molecule has 1 N–H and O–H groups in total. The summed E-state index contributed by atoms with van der Waals surface area (Å²) in [7, 11) is 0. The van der Waals surface area contributed by atoms with E-state index in [1.165, 1.54) is 16.7 Å². The van der Waals surface area contributed by atoms with E-state index in [0.717, 1.165) is 5.57 Å². The van der Waals surface area contributed by atoms with E-state index in [1.807, 2.05) is 13.8 Å². The molecule has 0 aliphatic carbocycles. The van der Waals surface area contributed by atoms with Crippen LogP contribution in [-0.4, -0.2) is 57.7 Å². The van der Waals surface area contributed by atoms with Crippen LogP contribution in [0.5, 0.6) is 0 Å². The molecule has 1 fully saturated rings. The lowest BCUT2D eigenvalue weighted by molar-refractivity contribution is -0.140. The summed E-state index contributed by atoms with van der Waals surface area (Å²) in [5.41, 5.74) is 0.888. The molecule has 96 valence electrons. The van der Waals surface area contributed by atoms with Gasteiger partial charge < -0.3 is 14.9 Å². The number of hydrogen-bond donors (Lipinski definition) is 1. The first-order valence-electron chi connectivity index (χ1n) is 5.47. The molecule has 6 heteroatoms. The summed E-state index contributed by atoms with van der Waals surface area (Å²) in [4.78, 5) is 26.2. The first kappa shape index (κ1) is 13.9. The number of amides is 2. The molecular formula is C11H18N2O3S. The molecule has 1 saturated heterocycles. The number of aliphatic carboxylic acids is 1. The number of carboxylic acids is 1. The summed E-state index contributed by atoms with van der Waals surface area (Å²) in [6, 6.07) is -0.917. The van der Waals surface area contributed by atoms with Crippen LogP contribution in [0.25, 0.3) is 0 Å². The third-order valence-corrected chi connectivity index (χ3v) is 3.54. The van der Waals surface area contributed by atoms with Crippen molar-refractivity contribution in [2.75, 3.05) is 24.7 Å². The lowest BCUT2D eigenvalue weighted by atomic mass is 10.3. The van der Waals surface area contributed by atoms with Gasteiger partial charge in [0.25, 0.3) is 0 Å². The molecule has 1 unspecified atom stereocenters. The third-order valence-electron chi connectivity index (χ3n) is 2.53. The fourth-order valence-electron chi connectivity index (χ4n) is 1.66. The monoisotopic (exact) mass is 258 g/mol. The number of nitrogens with zero attached hydrogens (tertiary/aromatic N) is 2. The molecule has 2 amide bonds. The Morgan fingerprint density at radius 1 is 1.59 bits per heavy atom. The molecule has 1 heterocycles. The van der Waals surface area contributed by atoms with Crippen LogP contribution in [-0.2, 0) is 4.79 Å². The van der Waals surface area contributed by atoms with E-state index in [9.17, 15) is 9.59 Å². The minimum atomic E-state index is -0.935. The van der Waals surface area contributed by atoms with E-state index in [1.54, 1.807) is 4.90 Å². The number of carbonyl (C=O) groups is 2. The summed E-state index contributed by atoms with van der Waals surface area (Å²) in [6.45, 7) is 8.53. The Kier molecular flexibility index (Phi) is 4.86. The van der Waals surface area contributed by atoms with Crippen LogP contribution in [0, 0.1) is 0 Å². The predicted molar refractivity (Wildman–Crippen MR) is 68.0 cm³/mol. The van der Waals surface area contributed by atoms with E-state index in [4.69, 9.17) is 5.11 Å². The first-order chi connectivity index (χ1) is 7.97. The Hall–Kier alpha value is -1.17. The topological polar surface area (TPSA) is 60.9 Å². The molecule has 1 atom stereocenters. The van der Waals surface area contributed by atoms with Gasteiger partial charge in [-0.05, 0) is 13.8 Å². The van der Waals surface area contributed by atoms with Gasteiger partial charge in [0.2, 0.25) is 0 Å². The molecule has 0 saturated carbocycles.